The highest BCUT2D eigenvalue weighted by atomic mass is 31.0. The lowest BCUT2D eigenvalue weighted by molar-refractivity contribution is 0.0979. The van der Waals surface area contributed by atoms with Crippen molar-refractivity contribution in [1.82, 2.24) is 0 Å². The lowest BCUT2D eigenvalue weighted by Gasteiger charge is -2.14. The van der Waals surface area contributed by atoms with Crippen molar-refractivity contribution in [2.75, 3.05) is 0 Å². The molecule has 0 heterocycles. The van der Waals surface area contributed by atoms with Gasteiger partial charge in [-0.25, -0.2) is 0 Å². The van der Waals surface area contributed by atoms with E-state index < -0.39 is 0 Å². The smallest absolute Gasteiger partial charge is 0.163 e. The Balaban J connectivity index is 3.08. The first kappa shape index (κ1) is 14.4. The summed E-state index contributed by atoms with van der Waals surface area (Å²) < 4.78 is 0. The molecule has 0 radical (unpaired) electrons. The van der Waals surface area contributed by atoms with E-state index in [-0.39, 0.29) is 0 Å². The minimum Gasteiger partial charge on any atom is -0.294 e. The minimum absolute atomic E-state index is 0.293. The zero-order valence-corrected chi connectivity index (χ0v) is 12.7. The van der Waals surface area contributed by atoms with Gasteiger partial charge in [-0.2, -0.15) is 0 Å². The van der Waals surface area contributed by atoms with Crippen LogP contribution < -0.4 is 0 Å². The monoisotopic (exact) mass is 250 g/mol. The molecule has 1 aromatic carbocycles. The first-order chi connectivity index (χ1) is 7.84. The van der Waals surface area contributed by atoms with Gasteiger partial charge < -0.3 is 0 Å². The zero-order valence-electron chi connectivity index (χ0n) is 11.6. The summed E-state index contributed by atoms with van der Waals surface area (Å²) in [5, 5.41) is 0. The lowest BCUT2D eigenvalue weighted by Crippen LogP contribution is -2.09. The summed E-state index contributed by atoms with van der Waals surface area (Å²) in [6.07, 6.45) is 1.59. The number of hydrogen-bond acceptors (Lipinski definition) is 1. The summed E-state index contributed by atoms with van der Waals surface area (Å²) >= 11 is 0. The molecular formula is C15H23OP. The molecule has 2 unspecified atom stereocenters. The molecule has 0 bridgehead atoms. The first-order valence-corrected chi connectivity index (χ1v) is 6.87. The number of benzene rings is 1. The molecule has 0 spiro atoms. The second-order valence-corrected chi connectivity index (χ2v) is 6.21. The number of ketones is 1. The second kappa shape index (κ2) is 5.78. The Kier molecular flexibility index (Phi) is 4.89. The van der Waals surface area contributed by atoms with Crippen LogP contribution in [-0.2, 0) is 0 Å². The predicted molar refractivity (Wildman–Crippen MR) is 78.1 cm³/mol. The van der Waals surface area contributed by atoms with Crippen molar-refractivity contribution in [3.8, 4) is 0 Å². The van der Waals surface area contributed by atoms with Gasteiger partial charge in [-0.1, -0.05) is 13.0 Å². The van der Waals surface area contributed by atoms with Gasteiger partial charge in [0.05, 0.1) is 0 Å². The fourth-order valence-corrected chi connectivity index (χ4v) is 2.29. The molecule has 0 amide bonds. The van der Waals surface area contributed by atoms with E-state index in [0.29, 0.717) is 17.9 Å². The van der Waals surface area contributed by atoms with Crippen LogP contribution in [-0.4, -0.2) is 11.4 Å². The van der Waals surface area contributed by atoms with Crippen molar-refractivity contribution in [2.24, 2.45) is 0 Å². The number of rotatable bonds is 4. The molecule has 1 nitrogen and oxygen atoms in total. The Morgan fingerprint density at radius 3 is 2.06 bits per heavy atom. The Bertz CT molecular complexity index is 407. The molecule has 0 saturated heterocycles. The quantitative estimate of drug-likeness (QED) is 0.579. The maximum absolute atomic E-state index is 12.3. The number of hydrogen-bond donors (Lipinski definition) is 0. The average molecular weight is 250 g/mol. The van der Waals surface area contributed by atoms with Gasteiger partial charge in [-0.3, -0.25) is 4.79 Å². The molecule has 0 saturated carbocycles. The van der Waals surface area contributed by atoms with Gasteiger partial charge in [0.25, 0.3) is 0 Å². The Hall–Kier alpha value is -0.680. The largest absolute Gasteiger partial charge is 0.294 e. The summed E-state index contributed by atoms with van der Waals surface area (Å²) in [4.78, 5) is 12.3. The number of Topliss-reactive ketones (excluding diaryl/α,β-unsaturated/α-hetero) is 1. The van der Waals surface area contributed by atoms with Gasteiger partial charge in [-0.05, 0) is 62.0 Å². The van der Waals surface area contributed by atoms with Crippen LogP contribution in [0.1, 0.15) is 52.4 Å². The molecule has 17 heavy (non-hydrogen) atoms. The van der Waals surface area contributed by atoms with E-state index in [0.717, 1.165) is 23.1 Å². The van der Waals surface area contributed by atoms with E-state index >= 15 is 0 Å². The van der Waals surface area contributed by atoms with Gasteiger partial charge in [0, 0.05) is 12.0 Å². The van der Waals surface area contributed by atoms with E-state index in [2.05, 4.69) is 49.9 Å². The van der Waals surface area contributed by atoms with Crippen LogP contribution in [0.15, 0.2) is 6.07 Å². The van der Waals surface area contributed by atoms with Gasteiger partial charge in [0.2, 0.25) is 0 Å². The van der Waals surface area contributed by atoms with E-state index in [4.69, 9.17) is 0 Å². The molecule has 94 valence electrons. The van der Waals surface area contributed by atoms with Gasteiger partial charge >= 0.3 is 0 Å². The van der Waals surface area contributed by atoms with Crippen LogP contribution in [0.2, 0.25) is 0 Å². The molecule has 2 heteroatoms. The molecule has 0 aliphatic heterocycles. The summed E-state index contributed by atoms with van der Waals surface area (Å²) in [6, 6.07) is 2.17. The van der Waals surface area contributed by atoms with E-state index in [1.165, 1.54) is 11.1 Å². The fourth-order valence-electron chi connectivity index (χ4n) is 2.12. The van der Waals surface area contributed by atoms with Crippen LogP contribution in [0.4, 0.5) is 0 Å². The third-order valence-corrected chi connectivity index (χ3v) is 3.80. The average Bonchev–Trinajstić information content (AvgIpc) is 2.24. The highest BCUT2D eigenvalue weighted by molar-refractivity contribution is 7.17. The van der Waals surface area contributed by atoms with E-state index in [1.54, 1.807) is 0 Å². The first-order valence-electron chi connectivity index (χ1n) is 6.20. The molecule has 0 aliphatic rings. The summed E-state index contributed by atoms with van der Waals surface area (Å²) in [5.41, 5.74) is 6.19. The molecule has 1 rings (SSSR count). The molecule has 0 fully saturated rings. The molecule has 2 atom stereocenters. The third kappa shape index (κ3) is 3.39. The van der Waals surface area contributed by atoms with Crippen molar-refractivity contribution < 1.29 is 4.79 Å². The number of carbonyl (C=O) groups is 1. The normalized spacial score (nSPS) is 12.6. The van der Waals surface area contributed by atoms with Crippen molar-refractivity contribution in [3.05, 3.63) is 33.9 Å². The molecule has 1 aromatic rings. The summed E-state index contributed by atoms with van der Waals surface area (Å²) in [6.45, 7) is 10.4. The minimum atomic E-state index is 0.293. The van der Waals surface area contributed by atoms with Crippen LogP contribution >= 0.6 is 9.24 Å². The second-order valence-electron chi connectivity index (χ2n) is 5.07. The van der Waals surface area contributed by atoms with E-state index in [1.807, 2.05) is 0 Å². The topological polar surface area (TPSA) is 17.1 Å². The molecule has 0 aromatic heterocycles. The standard InChI is InChI=1S/C15H23OP/c1-9-8-10(2)13(5)15(12(9)4)14(16)7-6-11(3)17/h8,11H,6-7,17H2,1-5H3. The number of carbonyl (C=O) groups excluding carboxylic acids is 1. The maximum Gasteiger partial charge on any atom is 0.163 e. The van der Waals surface area contributed by atoms with E-state index in [9.17, 15) is 4.79 Å². The zero-order chi connectivity index (χ0) is 13.2. The Morgan fingerprint density at radius 2 is 1.65 bits per heavy atom. The van der Waals surface area contributed by atoms with Gasteiger partial charge in [0.15, 0.2) is 5.78 Å². The molecule has 0 aliphatic carbocycles. The van der Waals surface area contributed by atoms with Crippen molar-refractivity contribution in [3.63, 3.8) is 0 Å². The Labute approximate surface area is 107 Å². The molecule has 0 N–H and O–H groups in total. The van der Waals surface area contributed by atoms with Crippen molar-refractivity contribution in [1.29, 1.82) is 0 Å². The van der Waals surface area contributed by atoms with Crippen molar-refractivity contribution >= 4 is 15.0 Å². The van der Waals surface area contributed by atoms with Crippen molar-refractivity contribution in [2.45, 2.75) is 53.1 Å². The number of aryl methyl sites for hydroxylation is 2. The lowest BCUT2D eigenvalue weighted by atomic mass is 9.90. The van der Waals surface area contributed by atoms with Crippen LogP contribution in [0.5, 0.6) is 0 Å². The van der Waals surface area contributed by atoms with Crippen LogP contribution in [0.25, 0.3) is 0 Å². The predicted octanol–water partition coefficient (Wildman–Crippen LogP) is 4.15. The third-order valence-electron chi connectivity index (χ3n) is 3.47. The summed E-state index contributed by atoms with van der Waals surface area (Å²) in [5.74, 6) is 0.293. The van der Waals surface area contributed by atoms with Gasteiger partial charge in [0.1, 0.15) is 0 Å². The van der Waals surface area contributed by atoms with Crippen LogP contribution in [0.3, 0.4) is 0 Å². The fraction of sp³-hybridized carbons (Fsp3) is 0.533. The summed E-state index contributed by atoms with van der Waals surface area (Å²) in [7, 11) is 2.75. The van der Waals surface area contributed by atoms with Crippen LogP contribution in [0, 0.1) is 27.7 Å². The Morgan fingerprint density at radius 1 is 1.18 bits per heavy atom. The maximum atomic E-state index is 12.3. The molecular weight excluding hydrogens is 227 g/mol. The highest BCUT2D eigenvalue weighted by Gasteiger charge is 2.15. The van der Waals surface area contributed by atoms with Gasteiger partial charge in [-0.15, -0.1) is 9.24 Å². The highest BCUT2D eigenvalue weighted by Crippen LogP contribution is 2.24. The SMILES string of the molecule is Cc1cc(C)c(C)c(C(=O)CCC(C)P)c1C.